The van der Waals surface area contributed by atoms with Gasteiger partial charge < -0.3 is 0 Å². The van der Waals surface area contributed by atoms with Gasteiger partial charge in [-0.25, -0.2) is 9.97 Å². The quantitative estimate of drug-likeness (QED) is 0.741. The lowest BCUT2D eigenvalue weighted by atomic mass is 10.1. The average molecular weight is 306 g/mol. The van der Waals surface area contributed by atoms with Gasteiger partial charge in [0.2, 0.25) is 0 Å². The van der Waals surface area contributed by atoms with Crippen molar-refractivity contribution in [2.75, 3.05) is 6.54 Å². The van der Waals surface area contributed by atoms with Crippen LogP contribution in [0, 0.1) is 0 Å². The highest BCUT2D eigenvalue weighted by atomic mass is 15.2. The van der Waals surface area contributed by atoms with Crippen LogP contribution in [0.3, 0.4) is 0 Å². The molecule has 1 fully saturated rings. The third-order valence-electron chi connectivity index (χ3n) is 4.21. The highest BCUT2D eigenvalue weighted by molar-refractivity contribution is 5.21. The van der Waals surface area contributed by atoms with Crippen LogP contribution in [0.25, 0.3) is 5.82 Å². The van der Waals surface area contributed by atoms with Crippen molar-refractivity contribution in [2.45, 2.75) is 25.4 Å². The summed E-state index contributed by atoms with van der Waals surface area (Å²) in [7, 11) is 0. The van der Waals surface area contributed by atoms with Crippen molar-refractivity contribution in [1.82, 2.24) is 29.4 Å². The van der Waals surface area contributed by atoms with Crippen molar-refractivity contribution in [2.24, 2.45) is 0 Å². The summed E-state index contributed by atoms with van der Waals surface area (Å²) in [5.41, 5.74) is 2.11. The average Bonchev–Trinajstić information content (AvgIpc) is 3.28. The molecule has 3 aromatic rings. The smallest absolute Gasteiger partial charge is 0.156 e. The van der Waals surface area contributed by atoms with Gasteiger partial charge in [0.1, 0.15) is 6.33 Å². The summed E-state index contributed by atoms with van der Waals surface area (Å²) in [4.78, 5) is 20.1. The number of rotatable bonds is 4. The second kappa shape index (κ2) is 6.26. The van der Waals surface area contributed by atoms with Crippen LogP contribution in [0.15, 0.2) is 55.5 Å². The Morgan fingerprint density at radius 3 is 2.96 bits per heavy atom. The van der Waals surface area contributed by atoms with Crippen molar-refractivity contribution in [3.05, 3.63) is 66.9 Å². The number of hydrogen-bond donors (Lipinski definition) is 0. The van der Waals surface area contributed by atoms with Crippen molar-refractivity contribution in [1.29, 1.82) is 0 Å². The Bertz CT molecular complexity index is 756. The second-order valence-corrected chi connectivity index (χ2v) is 5.72. The number of aromatic nitrogens is 5. The van der Waals surface area contributed by atoms with Crippen molar-refractivity contribution in [3.63, 3.8) is 0 Å². The zero-order chi connectivity index (χ0) is 15.5. The Labute approximate surface area is 134 Å². The van der Waals surface area contributed by atoms with Crippen molar-refractivity contribution < 1.29 is 0 Å². The van der Waals surface area contributed by atoms with Gasteiger partial charge >= 0.3 is 0 Å². The Morgan fingerprint density at radius 1 is 1.13 bits per heavy atom. The maximum atomic E-state index is 4.79. The molecule has 0 radical (unpaired) electrons. The first-order valence-electron chi connectivity index (χ1n) is 7.84. The van der Waals surface area contributed by atoms with Gasteiger partial charge in [0.25, 0.3) is 0 Å². The molecule has 0 bridgehead atoms. The van der Waals surface area contributed by atoms with Gasteiger partial charge in [-0.3, -0.25) is 19.4 Å². The maximum Gasteiger partial charge on any atom is 0.156 e. The molecule has 0 aromatic carbocycles. The largest absolute Gasteiger partial charge is 0.289 e. The second-order valence-electron chi connectivity index (χ2n) is 5.72. The van der Waals surface area contributed by atoms with Crippen LogP contribution in [0.1, 0.15) is 30.3 Å². The fraction of sp³-hybridized carbons (Fsp3) is 0.294. The molecule has 1 atom stereocenters. The Morgan fingerprint density at radius 2 is 2.13 bits per heavy atom. The maximum absolute atomic E-state index is 4.79. The fourth-order valence-electron chi connectivity index (χ4n) is 3.10. The highest BCUT2D eigenvalue weighted by Gasteiger charge is 2.27. The van der Waals surface area contributed by atoms with E-state index < -0.39 is 0 Å². The van der Waals surface area contributed by atoms with E-state index in [4.69, 9.17) is 4.98 Å². The van der Waals surface area contributed by atoms with E-state index in [9.17, 15) is 0 Å². The van der Waals surface area contributed by atoms with Gasteiger partial charge in [0.15, 0.2) is 5.82 Å². The van der Waals surface area contributed by atoms with Crippen LogP contribution < -0.4 is 0 Å². The summed E-state index contributed by atoms with van der Waals surface area (Å²) in [5.74, 6) is 0.810. The summed E-state index contributed by atoms with van der Waals surface area (Å²) in [5, 5.41) is 0. The molecule has 0 saturated carbocycles. The molecule has 3 aromatic heterocycles. The van der Waals surface area contributed by atoms with Crippen LogP contribution in [-0.2, 0) is 6.54 Å². The molecule has 1 aliphatic heterocycles. The predicted octanol–water partition coefficient (Wildman–Crippen LogP) is 2.39. The minimum Gasteiger partial charge on any atom is -0.289 e. The van der Waals surface area contributed by atoms with Crippen LogP contribution >= 0.6 is 0 Å². The molecular weight excluding hydrogens is 288 g/mol. The molecule has 0 spiro atoms. The summed E-state index contributed by atoms with van der Waals surface area (Å²) in [6, 6.07) is 6.36. The first-order valence-corrected chi connectivity index (χ1v) is 7.84. The Kier molecular flexibility index (Phi) is 3.81. The van der Waals surface area contributed by atoms with Gasteiger partial charge in [-0.1, -0.05) is 6.07 Å². The van der Waals surface area contributed by atoms with Gasteiger partial charge in [0.05, 0.1) is 29.8 Å². The lowest BCUT2D eigenvalue weighted by Gasteiger charge is -2.23. The normalized spacial score (nSPS) is 18.3. The monoisotopic (exact) mass is 306 g/mol. The van der Waals surface area contributed by atoms with E-state index in [1.165, 1.54) is 6.42 Å². The van der Waals surface area contributed by atoms with E-state index >= 15 is 0 Å². The van der Waals surface area contributed by atoms with E-state index in [2.05, 4.69) is 25.9 Å². The molecule has 6 heteroatoms. The number of likely N-dealkylation sites (tertiary alicyclic amines) is 1. The van der Waals surface area contributed by atoms with E-state index in [-0.39, 0.29) is 0 Å². The van der Waals surface area contributed by atoms with E-state index in [0.29, 0.717) is 6.04 Å². The summed E-state index contributed by atoms with van der Waals surface area (Å²) in [6.07, 6.45) is 13.1. The number of hydrogen-bond acceptors (Lipinski definition) is 5. The van der Waals surface area contributed by atoms with Gasteiger partial charge in [0, 0.05) is 25.1 Å². The van der Waals surface area contributed by atoms with Crippen LogP contribution in [0.4, 0.5) is 0 Å². The highest BCUT2D eigenvalue weighted by Crippen LogP contribution is 2.31. The van der Waals surface area contributed by atoms with Crippen molar-refractivity contribution in [3.8, 4) is 5.82 Å². The third kappa shape index (κ3) is 2.98. The molecule has 116 valence electrons. The van der Waals surface area contributed by atoms with E-state index in [0.717, 1.165) is 36.7 Å². The Hall–Kier alpha value is -2.60. The lowest BCUT2D eigenvalue weighted by molar-refractivity contribution is 0.241. The molecule has 4 heterocycles. The van der Waals surface area contributed by atoms with E-state index in [1.807, 2.05) is 35.3 Å². The SMILES string of the molecule is c1ccc(CN2CCC[C@@H]2c2cncc(-n3ccnc3)n2)nc1. The zero-order valence-electron chi connectivity index (χ0n) is 12.8. The van der Waals surface area contributed by atoms with Crippen molar-refractivity contribution >= 4 is 0 Å². The molecule has 4 rings (SSSR count). The minimum absolute atomic E-state index is 0.299. The Balaban J connectivity index is 1.58. The zero-order valence-corrected chi connectivity index (χ0v) is 12.8. The lowest BCUT2D eigenvalue weighted by Crippen LogP contribution is -2.24. The van der Waals surface area contributed by atoms with Crippen LogP contribution in [0.5, 0.6) is 0 Å². The van der Waals surface area contributed by atoms with Gasteiger partial charge in [-0.15, -0.1) is 0 Å². The van der Waals surface area contributed by atoms with Gasteiger partial charge in [-0.2, -0.15) is 0 Å². The van der Waals surface area contributed by atoms with Crippen LogP contribution in [0.2, 0.25) is 0 Å². The first-order chi connectivity index (χ1) is 11.4. The summed E-state index contributed by atoms with van der Waals surface area (Å²) in [6.45, 7) is 1.92. The summed E-state index contributed by atoms with van der Waals surface area (Å²) >= 11 is 0. The summed E-state index contributed by atoms with van der Waals surface area (Å²) < 4.78 is 1.88. The van der Waals surface area contributed by atoms with E-state index in [1.54, 1.807) is 18.7 Å². The molecule has 1 saturated heterocycles. The molecule has 6 nitrogen and oxygen atoms in total. The number of nitrogens with zero attached hydrogens (tertiary/aromatic N) is 6. The molecular formula is C17H18N6. The van der Waals surface area contributed by atoms with Crippen LogP contribution in [-0.4, -0.2) is 35.9 Å². The molecule has 1 aliphatic rings. The van der Waals surface area contributed by atoms with Gasteiger partial charge in [-0.05, 0) is 31.5 Å². The number of imidazole rings is 1. The molecule has 0 unspecified atom stereocenters. The number of pyridine rings is 1. The molecule has 0 aliphatic carbocycles. The minimum atomic E-state index is 0.299. The standard InChI is InChI=1S/C17H18N6/c1-2-6-20-14(4-1)12-22-8-3-5-16(22)15-10-19-11-17(21-15)23-9-7-18-13-23/h1-2,4,6-7,9-11,13,16H,3,5,8,12H2/t16-/m1/s1. The molecule has 0 amide bonds. The topological polar surface area (TPSA) is 59.7 Å². The third-order valence-corrected chi connectivity index (χ3v) is 4.21. The fourth-order valence-corrected chi connectivity index (χ4v) is 3.10. The predicted molar refractivity (Wildman–Crippen MR) is 85.8 cm³/mol. The first kappa shape index (κ1) is 14.0. The molecule has 0 N–H and O–H groups in total. The molecule has 23 heavy (non-hydrogen) atoms.